The number of hydrogen-bond donors (Lipinski definition) is 0. The molecule has 0 amide bonds. The highest BCUT2D eigenvalue weighted by Crippen LogP contribution is 2.34. The summed E-state index contributed by atoms with van der Waals surface area (Å²) < 4.78 is 27.6. The number of Topliss-reactive ketones (excluding diaryl/α,β-unsaturated/α-hetero) is 1. The van der Waals surface area contributed by atoms with Gasteiger partial charge in [0.2, 0.25) is 0 Å². The maximum absolute atomic E-state index is 12.2. The molecule has 2 rings (SSSR count). The van der Waals surface area contributed by atoms with Crippen LogP contribution in [-0.2, 0) is 14.6 Å². The highest BCUT2D eigenvalue weighted by Gasteiger charge is 2.26. The first-order valence-corrected chi connectivity index (χ1v) is 8.45. The van der Waals surface area contributed by atoms with Crippen LogP contribution in [-0.4, -0.2) is 32.8 Å². The number of para-hydroxylation sites is 1. The Morgan fingerprint density at radius 1 is 1.37 bits per heavy atom. The van der Waals surface area contributed by atoms with Crippen molar-refractivity contribution in [2.75, 3.05) is 18.6 Å². The smallest absolute Gasteiger partial charge is 0.147 e. The summed E-state index contributed by atoms with van der Waals surface area (Å²) in [4.78, 5) is 12.2. The van der Waals surface area contributed by atoms with E-state index in [1.54, 1.807) is 0 Å². The van der Waals surface area contributed by atoms with Crippen molar-refractivity contribution in [1.82, 2.24) is 0 Å². The lowest BCUT2D eigenvalue weighted by Crippen LogP contribution is -2.21. The number of hydrogen-bond acceptors (Lipinski definition) is 4. The molecule has 1 atom stereocenters. The second-order valence-electron chi connectivity index (χ2n) is 4.93. The van der Waals surface area contributed by atoms with Gasteiger partial charge in [-0.1, -0.05) is 18.2 Å². The Kier molecular flexibility index (Phi) is 4.24. The number of rotatable bonds is 5. The van der Waals surface area contributed by atoms with Crippen LogP contribution in [0.4, 0.5) is 0 Å². The average Bonchev–Trinajstić information content (AvgIpc) is 2.36. The highest BCUT2D eigenvalue weighted by atomic mass is 32.2. The molecule has 0 saturated carbocycles. The summed E-state index contributed by atoms with van der Waals surface area (Å²) in [6.07, 6.45) is 2.58. The normalized spacial score (nSPS) is 18.5. The van der Waals surface area contributed by atoms with E-state index in [1.165, 1.54) is 6.26 Å². The summed E-state index contributed by atoms with van der Waals surface area (Å²) in [5, 5.41) is 0. The summed E-state index contributed by atoms with van der Waals surface area (Å²) in [5.74, 6) is 0.808. The van der Waals surface area contributed by atoms with Gasteiger partial charge in [0.25, 0.3) is 0 Å². The quantitative estimate of drug-likeness (QED) is 0.828. The van der Waals surface area contributed by atoms with Crippen LogP contribution < -0.4 is 4.74 Å². The first kappa shape index (κ1) is 14.1. The van der Waals surface area contributed by atoms with Crippen molar-refractivity contribution in [3.05, 3.63) is 29.8 Å². The zero-order valence-corrected chi connectivity index (χ0v) is 11.8. The van der Waals surface area contributed by atoms with Crippen molar-refractivity contribution in [2.24, 2.45) is 0 Å². The van der Waals surface area contributed by atoms with E-state index in [2.05, 4.69) is 0 Å². The molecule has 1 aliphatic rings. The van der Waals surface area contributed by atoms with E-state index in [4.69, 9.17) is 4.74 Å². The largest absolute Gasteiger partial charge is 0.493 e. The summed E-state index contributed by atoms with van der Waals surface area (Å²) in [6, 6.07) is 7.55. The second-order valence-corrected chi connectivity index (χ2v) is 7.19. The van der Waals surface area contributed by atoms with E-state index in [-0.39, 0.29) is 17.5 Å². The fraction of sp³-hybridized carbons (Fsp3) is 0.500. The number of ketones is 1. The molecule has 1 heterocycles. The Morgan fingerprint density at radius 3 is 2.84 bits per heavy atom. The number of sulfone groups is 1. The molecule has 0 aromatic heterocycles. The summed E-state index contributed by atoms with van der Waals surface area (Å²) in [7, 11) is -2.99. The van der Waals surface area contributed by atoms with E-state index in [0.717, 1.165) is 11.3 Å². The monoisotopic (exact) mass is 282 g/mol. The number of ether oxygens (including phenoxy) is 1. The van der Waals surface area contributed by atoms with Crippen LogP contribution >= 0.6 is 0 Å². The zero-order valence-electron chi connectivity index (χ0n) is 11.0. The molecule has 4 nitrogen and oxygen atoms in total. The Hall–Kier alpha value is -1.36. The van der Waals surface area contributed by atoms with Crippen LogP contribution in [0.3, 0.4) is 0 Å². The van der Waals surface area contributed by atoms with Crippen LogP contribution in [0.25, 0.3) is 0 Å². The lowest BCUT2D eigenvalue weighted by molar-refractivity contribution is -0.121. The molecule has 0 fully saturated rings. The van der Waals surface area contributed by atoms with Crippen LogP contribution in [0.1, 0.15) is 30.7 Å². The highest BCUT2D eigenvalue weighted by molar-refractivity contribution is 7.90. The number of carbonyl (C=O) groups excluding carboxylic acids is 1. The van der Waals surface area contributed by atoms with Crippen molar-refractivity contribution in [3.8, 4) is 5.75 Å². The third-order valence-electron chi connectivity index (χ3n) is 3.29. The van der Waals surface area contributed by atoms with Crippen LogP contribution in [0.15, 0.2) is 24.3 Å². The lowest BCUT2D eigenvalue weighted by Gasteiger charge is -2.24. The maximum Gasteiger partial charge on any atom is 0.147 e. The van der Waals surface area contributed by atoms with Gasteiger partial charge in [0.05, 0.1) is 12.4 Å². The van der Waals surface area contributed by atoms with Gasteiger partial charge in [-0.25, -0.2) is 8.42 Å². The van der Waals surface area contributed by atoms with Crippen molar-refractivity contribution in [3.63, 3.8) is 0 Å². The zero-order chi connectivity index (χ0) is 13.9. The van der Waals surface area contributed by atoms with Gasteiger partial charge >= 0.3 is 0 Å². The third-order valence-corrected chi connectivity index (χ3v) is 4.32. The molecule has 0 saturated heterocycles. The summed E-state index contributed by atoms with van der Waals surface area (Å²) >= 11 is 0. The van der Waals surface area contributed by atoms with E-state index < -0.39 is 9.84 Å². The van der Waals surface area contributed by atoms with Gasteiger partial charge in [-0.05, 0) is 18.9 Å². The van der Waals surface area contributed by atoms with Crippen molar-refractivity contribution >= 4 is 15.6 Å². The van der Waals surface area contributed by atoms with Gasteiger partial charge in [0.15, 0.2) is 0 Å². The predicted octanol–water partition coefficient (Wildman–Crippen LogP) is 1.95. The van der Waals surface area contributed by atoms with Gasteiger partial charge in [-0.15, -0.1) is 0 Å². The van der Waals surface area contributed by atoms with Gasteiger partial charge in [-0.2, -0.15) is 0 Å². The first-order valence-electron chi connectivity index (χ1n) is 6.39. The third kappa shape index (κ3) is 3.80. The lowest BCUT2D eigenvalue weighted by atomic mass is 9.88. The van der Waals surface area contributed by atoms with E-state index >= 15 is 0 Å². The van der Waals surface area contributed by atoms with Gasteiger partial charge < -0.3 is 4.74 Å². The van der Waals surface area contributed by atoms with E-state index in [1.807, 2.05) is 24.3 Å². The minimum Gasteiger partial charge on any atom is -0.493 e. The molecule has 1 aromatic carbocycles. The van der Waals surface area contributed by atoms with Crippen molar-refractivity contribution < 1.29 is 17.9 Å². The van der Waals surface area contributed by atoms with Crippen molar-refractivity contribution in [1.29, 1.82) is 0 Å². The molecule has 0 spiro atoms. The molecule has 0 N–H and O–H groups in total. The Bertz CT molecular complexity index is 563. The summed E-state index contributed by atoms with van der Waals surface area (Å²) in [6.45, 7) is 0.541. The maximum atomic E-state index is 12.2. The van der Waals surface area contributed by atoms with Crippen LogP contribution in [0.2, 0.25) is 0 Å². The Labute approximate surface area is 113 Å². The number of benzene rings is 1. The number of fused-ring (bicyclic) bond motifs is 1. The number of carbonyl (C=O) groups is 1. The standard InChI is InChI=1S/C14H18O4S/c1-19(16,17)10-4-6-13(15)11-8-9-18-14-7-3-2-5-12(11)14/h2-3,5,7,11H,4,6,8-10H2,1H3. The van der Waals surface area contributed by atoms with E-state index in [0.29, 0.717) is 25.9 Å². The molecule has 19 heavy (non-hydrogen) atoms. The average molecular weight is 282 g/mol. The van der Waals surface area contributed by atoms with Gasteiger partial charge in [0, 0.05) is 24.2 Å². The molecular weight excluding hydrogens is 264 g/mol. The molecule has 0 radical (unpaired) electrons. The molecule has 1 aromatic rings. The van der Waals surface area contributed by atoms with Gasteiger partial charge in [-0.3, -0.25) is 4.79 Å². The van der Waals surface area contributed by atoms with E-state index in [9.17, 15) is 13.2 Å². The SMILES string of the molecule is CS(=O)(=O)CCCC(=O)C1CCOc2ccccc21. The van der Waals surface area contributed by atoms with Gasteiger partial charge in [0.1, 0.15) is 21.4 Å². The predicted molar refractivity (Wildman–Crippen MR) is 73.2 cm³/mol. The molecular formula is C14H18O4S. The molecule has 1 unspecified atom stereocenters. The van der Waals surface area contributed by atoms with Crippen LogP contribution in [0, 0.1) is 0 Å². The Morgan fingerprint density at radius 2 is 2.11 bits per heavy atom. The summed E-state index contributed by atoms with van der Waals surface area (Å²) in [5.41, 5.74) is 0.929. The van der Waals surface area contributed by atoms with Crippen LogP contribution in [0.5, 0.6) is 5.75 Å². The topological polar surface area (TPSA) is 60.4 Å². The molecule has 0 bridgehead atoms. The van der Waals surface area contributed by atoms with Crippen molar-refractivity contribution in [2.45, 2.75) is 25.2 Å². The first-order chi connectivity index (χ1) is 8.97. The molecule has 0 aliphatic carbocycles. The minimum absolute atomic E-state index is 0.0730. The molecule has 5 heteroatoms. The molecule has 104 valence electrons. The second kappa shape index (κ2) is 5.74. The minimum atomic E-state index is -2.99. The molecule has 1 aliphatic heterocycles. The fourth-order valence-corrected chi connectivity index (χ4v) is 3.03. The fourth-order valence-electron chi connectivity index (χ4n) is 2.36. The Balaban J connectivity index is 2.01.